The van der Waals surface area contributed by atoms with E-state index >= 15 is 0 Å². The van der Waals surface area contributed by atoms with Crippen molar-refractivity contribution in [3.8, 4) is 5.69 Å². The third-order valence-corrected chi connectivity index (χ3v) is 2.16. The smallest absolute Gasteiger partial charge is 0.0998 e. The van der Waals surface area contributed by atoms with Gasteiger partial charge in [-0.2, -0.15) is 15.0 Å². The van der Waals surface area contributed by atoms with Crippen molar-refractivity contribution in [3.63, 3.8) is 0 Å². The number of halogens is 1. The summed E-state index contributed by atoms with van der Waals surface area (Å²) >= 11 is 3.42. The lowest BCUT2D eigenvalue weighted by Gasteiger charge is -2.00. The molecule has 3 nitrogen and oxygen atoms in total. The van der Waals surface area contributed by atoms with E-state index in [9.17, 15) is 0 Å². The van der Waals surface area contributed by atoms with Gasteiger partial charge in [0.2, 0.25) is 0 Å². The van der Waals surface area contributed by atoms with Crippen molar-refractivity contribution in [2.24, 2.45) is 0 Å². The molecular weight excluding hydrogens is 218 g/mol. The van der Waals surface area contributed by atoms with E-state index in [0.717, 1.165) is 10.2 Å². The van der Waals surface area contributed by atoms with Gasteiger partial charge in [-0.25, -0.2) is 0 Å². The molecule has 1 aromatic carbocycles. The van der Waals surface area contributed by atoms with Crippen molar-refractivity contribution in [1.82, 2.24) is 15.0 Å². The lowest BCUT2D eigenvalue weighted by atomic mass is 10.3. The molecule has 0 amide bonds. The van der Waals surface area contributed by atoms with Crippen molar-refractivity contribution in [2.45, 2.75) is 0 Å². The molecule has 0 bridgehead atoms. The fourth-order valence-electron chi connectivity index (χ4n) is 0.954. The Morgan fingerprint density at radius 1 is 1.08 bits per heavy atom. The Labute approximate surface area is 78.2 Å². The summed E-state index contributed by atoms with van der Waals surface area (Å²) in [6.07, 6.45) is 3.30. The van der Waals surface area contributed by atoms with Crippen molar-refractivity contribution in [1.29, 1.82) is 0 Å². The Morgan fingerprint density at radius 3 is 2.42 bits per heavy atom. The molecule has 60 valence electrons. The minimum Gasteiger partial charge on any atom is -0.157 e. The number of rotatable bonds is 1. The fourth-order valence-corrected chi connectivity index (χ4v) is 1.40. The van der Waals surface area contributed by atoms with Crippen LogP contribution in [0.5, 0.6) is 0 Å². The highest BCUT2D eigenvalue weighted by Crippen LogP contribution is 2.17. The lowest BCUT2D eigenvalue weighted by Crippen LogP contribution is -1.98. The number of nitrogens with zero attached hydrogens (tertiary/aromatic N) is 3. The Morgan fingerprint density at radius 2 is 1.75 bits per heavy atom. The van der Waals surface area contributed by atoms with Gasteiger partial charge in [-0.15, -0.1) is 0 Å². The van der Waals surface area contributed by atoms with Gasteiger partial charge in [0.05, 0.1) is 18.1 Å². The molecule has 0 atom stereocenters. The standard InChI is InChI=1S/C8H6BrN3/c9-7-3-1-2-4-8(7)12-10-5-6-11-12/h1-6H. The summed E-state index contributed by atoms with van der Waals surface area (Å²) < 4.78 is 0.987. The monoisotopic (exact) mass is 223 g/mol. The topological polar surface area (TPSA) is 30.7 Å². The van der Waals surface area contributed by atoms with Crippen LogP contribution in [0.25, 0.3) is 5.69 Å². The maximum absolute atomic E-state index is 4.02. The second-order valence-corrected chi connectivity index (χ2v) is 3.12. The fraction of sp³-hybridized carbons (Fsp3) is 0. The first-order chi connectivity index (χ1) is 5.88. The van der Waals surface area contributed by atoms with Gasteiger partial charge >= 0.3 is 0 Å². The van der Waals surface area contributed by atoms with Gasteiger partial charge in [-0.3, -0.25) is 0 Å². The van der Waals surface area contributed by atoms with Gasteiger partial charge in [0.15, 0.2) is 0 Å². The van der Waals surface area contributed by atoms with Gasteiger partial charge in [0.25, 0.3) is 0 Å². The molecule has 0 aliphatic carbocycles. The first-order valence-electron chi connectivity index (χ1n) is 3.49. The van der Waals surface area contributed by atoms with E-state index in [1.54, 1.807) is 17.2 Å². The van der Waals surface area contributed by atoms with E-state index in [2.05, 4.69) is 26.1 Å². The Balaban J connectivity index is 2.55. The Hall–Kier alpha value is -1.16. The summed E-state index contributed by atoms with van der Waals surface area (Å²) in [5.74, 6) is 0. The molecule has 2 rings (SSSR count). The van der Waals surface area contributed by atoms with E-state index in [1.807, 2.05) is 24.3 Å². The van der Waals surface area contributed by atoms with Gasteiger partial charge in [0, 0.05) is 4.47 Å². The van der Waals surface area contributed by atoms with E-state index < -0.39 is 0 Å². The van der Waals surface area contributed by atoms with Gasteiger partial charge in [-0.05, 0) is 28.1 Å². The minimum absolute atomic E-state index is 0.947. The van der Waals surface area contributed by atoms with Gasteiger partial charge in [0.1, 0.15) is 0 Å². The molecule has 0 saturated heterocycles. The van der Waals surface area contributed by atoms with E-state index in [4.69, 9.17) is 0 Å². The lowest BCUT2D eigenvalue weighted by molar-refractivity contribution is 0.749. The number of benzene rings is 1. The second-order valence-electron chi connectivity index (χ2n) is 2.27. The highest BCUT2D eigenvalue weighted by Gasteiger charge is 2.00. The minimum atomic E-state index is 0.947. The van der Waals surface area contributed by atoms with Gasteiger partial charge in [-0.1, -0.05) is 12.1 Å². The molecule has 4 heteroatoms. The second kappa shape index (κ2) is 3.06. The molecule has 1 heterocycles. The molecule has 0 unspecified atom stereocenters. The van der Waals surface area contributed by atoms with Crippen LogP contribution in [0, 0.1) is 0 Å². The van der Waals surface area contributed by atoms with Crippen LogP contribution in [-0.2, 0) is 0 Å². The summed E-state index contributed by atoms with van der Waals surface area (Å²) in [5, 5.41) is 8.05. The van der Waals surface area contributed by atoms with E-state index in [-0.39, 0.29) is 0 Å². The van der Waals surface area contributed by atoms with Crippen molar-refractivity contribution in [3.05, 3.63) is 41.1 Å². The first kappa shape index (κ1) is 7.49. The van der Waals surface area contributed by atoms with Crippen molar-refractivity contribution in [2.75, 3.05) is 0 Å². The molecule has 0 N–H and O–H groups in total. The largest absolute Gasteiger partial charge is 0.157 e. The molecule has 0 radical (unpaired) electrons. The predicted molar refractivity (Wildman–Crippen MR) is 49.1 cm³/mol. The summed E-state index contributed by atoms with van der Waals surface area (Å²) in [5.41, 5.74) is 0.947. The summed E-state index contributed by atoms with van der Waals surface area (Å²) in [7, 11) is 0. The zero-order valence-electron chi connectivity index (χ0n) is 6.18. The van der Waals surface area contributed by atoms with Crippen LogP contribution in [0.15, 0.2) is 41.1 Å². The maximum Gasteiger partial charge on any atom is 0.0998 e. The normalized spacial score (nSPS) is 10.1. The molecule has 12 heavy (non-hydrogen) atoms. The molecule has 1 aromatic heterocycles. The average molecular weight is 224 g/mol. The Kier molecular flexibility index (Phi) is 1.91. The van der Waals surface area contributed by atoms with Crippen LogP contribution in [-0.4, -0.2) is 15.0 Å². The predicted octanol–water partition coefficient (Wildman–Crippen LogP) is 2.03. The summed E-state index contributed by atoms with van der Waals surface area (Å²) in [6.45, 7) is 0. The zero-order valence-corrected chi connectivity index (χ0v) is 7.77. The SMILES string of the molecule is Brc1ccccc1-n1nccn1. The maximum atomic E-state index is 4.02. The molecule has 0 fully saturated rings. The van der Waals surface area contributed by atoms with Crippen LogP contribution in [0.2, 0.25) is 0 Å². The van der Waals surface area contributed by atoms with Crippen LogP contribution < -0.4 is 0 Å². The summed E-state index contributed by atoms with van der Waals surface area (Å²) in [6, 6.07) is 7.81. The van der Waals surface area contributed by atoms with Crippen molar-refractivity contribution >= 4 is 15.9 Å². The average Bonchev–Trinajstić information content (AvgIpc) is 2.57. The van der Waals surface area contributed by atoms with Crippen LogP contribution in [0.1, 0.15) is 0 Å². The summed E-state index contributed by atoms with van der Waals surface area (Å²) in [4.78, 5) is 1.57. The van der Waals surface area contributed by atoms with Crippen LogP contribution in [0.3, 0.4) is 0 Å². The number of aromatic nitrogens is 3. The molecule has 0 aliphatic heterocycles. The van der Waals surface area contributed by atoms with Crippen LogP contribution >= 0.6 is 15.9 Å². The molecule has 0 saturated carbocycles. The zero-order chi connectivity index (χ0) is 8.39. The quantitative estimate of drug-likeness (QED) is 0.741. The van der Waals surface area contributed by atoms with Crippen LogP contribution in [0.4, 0.5) is 0 Å². The Bertz CT molecular complexity index is 370. The van der Waals surface area contributed by atoms with E-state index in [0.29, 0.717) is 0 Å². The molecule has 0 spiro atoms. The van der Waals surface area contributed by atoms with E-state index in [1.165, 1.54) is 0 Å². The highest BCUT2D eigenvalue weighted by molar-refractivity contribution is 9.10. The third-order valence-electron chi connectivity index (χ3n) is 1.49. The highest BCUT2D eigenvalue weighted by atomic mass is 79.9. The number of para-hydroxylation sites is 1. The number of hydrogen-bond acceptors (Lipinski definition) is 2. The first-order valence-corrected chi connectivity index (χ1v) is 4.28. The number of hydrogen-bond donors (Lipinski definition) is 0. The van der Waals surface area contributed by atoms with Crippen molar-refractivity contribution < 1.29 is 0 Å². The molecule has 0 aliphatic rings. The molecular formula is C8H6BrN3. The third kappa shape index (κ3) is 1.25. The van der Waals surface area contributed by atoms with Gasteiger partial charge < -0.3 is 0 Å². The molecule has 2 aromatic rings.